The number of rotatable bonds is 8. The molecule has 0 unspecified atom stereocenters. The van der Waals surface area contributed by atoms with Crippen LogP contribution in [0.4, 0.5) is 0 Å². The highest BCUT2D eigenvalue weighted by Gasteiger charge is 2.25. The van der Waals surface area contributed by atoms with Gasteiger partial charge in [-0.05, 0) is 29.3 Å². The number of oxime groups is 1. The summed E-state index contributed by atoms with van der Waals surface area (Å²) in [4.78, 5) is 15.3. The van der Waals surface area contributed by atoms with Crippen LogP contribution in [0.5, 0.6) is 0 Å². The molecule has 41 heavy (non-hydrogen) atoms. The highest BCUT2D eigenvalue weighted by Crippen LogP contribution is 2.42. The number of hydrogen-bond donors (Lipinski definition) is 0. The SMILES string of the molecule is Clc1ccccc1/C=N\OCc1nc2c3c(-c4ccccc4)c(-c4ccccc4)n(Cc4ccco4)c3ncn2n1. The molecule has 7 rings (SSSR count). The fraction of sp³-hybridized carbons (Fsp3) is 0.0625. The summed E-state index contributed by atoms with van der Waals surface area (Å²) >= 11 is 6.21. The Hall–Kier alpha value is -5.21. The van der Waals surface area contributed by atoms with Crippen LogP contribution in [0.25, 0.3) is 39.1 Å². The van der Waals surface area contributed by atoms with Gasteiger partial charge in [0.25, 0.3) is 0 Å². The zero-order valence-electron chi connectivity index (χ0n) is 21.8. The molecule has 0 aliphatic rings. The van der Waals surface area contributed by atoms with Crippen molar-refractivity contribution in [1.82, 2.24) is 24.1 Å². The van der Waals surface area contributed by atoms with Crippen LogP contribution in [-0.2, 0) is 18.0 Å². The number of halogens is 1. The van der Waals surface area contributed by atoms with Gasteiger partial charge in [0.15, 0.2) is 18.1 Å². The lowest BCUT2D eigenvalue weighted by Gasteiger charge is -2.11. The van der Waals surface area contributed by atoms with Crippen molar-refractivity contribution in [2.24, 2.45) is 5.16 Å². The normalized spacial score (nSPS) is 11.6. The Morgan fingerprint density at radius 2 is 1.61 bits per heavy atom. The summed E-state index contributed by atoms with van der Waals surface area (Å²) in [7, 11) is 0. The molecule has 200 valence electrons. The third-order valence-corrected chi connectivity index (χ3v) is 7.14. The van der Waals surface area contributed by atoms with E-state index in [4.69, 9.17) is 30.8 Å². The molecule has 0 amide bonds. The summed E-state index contributed by atoms with van der Waals surface area (Å²) in [5, 5.41) is 10.2. The molecule has 0 N–H and O–H groups in total. The van der Waals surface area contributed by atoms with Crippen LogP contribution in [-0.4, -0.2) is 30.4 Å². The smallest absolute Gasteiger partial charge is 0.192 e. The summed E-state index contributed by atoms with van der Waals surface area (Å²) < 4.78 is 9.63. The molecule has 0 fully saturated rings. The van der Waals surface area contributed by atoms with Crippen molar-refractivity contribution in [2.75, 3.05) is 0 Å². The highest BCUT2D eigenvalue weighted by atomic mass is 35.5. The van der Waals surface area contributed by atoms with Crippen molar-refractivity contribution in [1.29, 1.82) is 0 Å². The molecule has 0 saturated heterocycles. The van der Waals surface area contributed by atoms with Crippen molar-refractivity contribution in [3.8, 4) is 22.4 Å². The second-order valence-corrected chi connectivity index (χ2v) is 9.80. The van der Waals surface area contributed by atoms with Crippen LogP contribution < -0.4 is 0 Å². The van der Waals surface area contributed by atoms with E-state index in [0.717, 1.165) is 44.7 Å². The van der Waals surface area contributed by atoms with Crippen molar-refractivity contribution < 1.29 is 9.25 Å². The van der Waals surface area contributed by atoms with E-state index in [-0.39, 0.29) is 6.61 Å². The van der Waals surface area contributed by atoms with Crippen LogP contribution in [0.3, 0.4) is 0 Å². The Kier molecular flexibility index (Phi) is 6.50. The van der Waals surface area contributed by atoms with E-state index in [2.05, 4.69) is 39.1 Å². The monoisotopic (exact) mass is 558 g/mol. The van der Waals surface area contributed by atoms with Gasteiger partial charge >= 0.3 is 0 Å². The molecule has 9 heteroatoms. The van der Waals surface area contributed by atoms with Crippen LogP contribution >= 0.6 is 11.6 Å². The second kappa shape index (κ2) is 10.7. The molecule has 0 atom stereocenters. The molecule has 0 aliphatic heterocycles. The average molecular weight is 559 g/mol. The molecule has 0 spiro atoms. The van der Waals surface area contributed by atoms with Crippen molar-refractivity contribution in [3.05, 3.63) is 132 Å². The molecule has 4 heterocycles. The molecule has 0 bridgehead atoms. The fourth-order valence-corrected chi connectivity index (χ4v) is 5.19. The first-order valence-electron chi connectivity index (χ1n) is 13.1. The van der Waals surface area contributed by atoms with Crippen molar-refractivity contribution >= 4 is 34.5 Å². The predicted octanol–water partition coefficient (Wildman–Crippen LogP) is 7.26. The minimum absolute atomic E-state index is 0.0867. The van der Waals surface area contributed by atoms with Gasteiger partial charge in [0.1, 0.15) is 17.7 Å². The number of nitrogens with zero attached hydrogens (tertiary/aromatic N) is 6. The standard InChI is InChI=1S/C32H23ClN6O2/c33-26-16-8-7-14-24(26)18-35-41-20-27-36-32-29-28(22-10-3-1-4-11-22)30(23-12-5-2-6-13-23)38(19-25-15-9-17-40-25)31(29)34-21-39(32)37-27/h1-18,21H,19-20H2/b35-18-. The lowest BCUT2D eigenvalue weighted by Crippen LogP contribution is -2.03. The zero-order chi connectivity index (χ0) is 27.6. The van der Waals surface area contributed by atoms with Crippen LogP contribution in [0.15, 0.2) is 119 Å². The number of fused-ring (bicyclic) bond motifs is 3. The molecular weight excluding hydrogens is 536 g/mol. The summed E-state index contributed by atoms with van der Waals surface area (Å²) in [6.07, 6.45) is 4.95. The van der Waals surface area contributed by atoms with E-state index in [0.29, 0.717) is 23.0 Å². The zero-order valence-corrected chi connectivity index (χ0v) is 22.5. The van der Waals surface area contributed by atoms with E-state index >= 15 is 0 Å². The molecule has 0 aliphatic carbocycles. The third kappa shape index (κ3) is 4.74. The van der Waals surface area contributed by atoms with E-state index in [1.165, 1.54) is 0 Å². The Balaban J connectivity index is 1.38. The molecule has 0 radical (unpaired) electrons. The number of benzene rings is 3. The first-order valence-corrected chi connectivity index (χ1v) is 13.4. The summed E-state index contributed by atoms with van der Waals surface area (Å²) in [6.45, 7) is 0.591. The van der Waals surface area contributed by atoms with Gasteiger partial charge in [0.05, 0.1) is 30.1 Å². The summed E-state index contributed by atoms with van der Waals surface area (Å²) in [5.41, 5.74) is 6.38. The molecule has 0 saturated carbocycles. The first kappa shape index (κ1) is 24.8. The lowest BCUT2D eigenvalue weighted by atomic mass is 9.99. The van der Waals surface area contributed by atoms with Gasteiger partial charge in [0.2, 0.25) is 0 Å². The Morgan fingerprint density at radius 1 is 0.854 bits per heavy atom. The Morgan fingerprint density at radius 3 is 2.37 bits per heavy atom. The maximum absolute atomic E-state index is 6.21. The predicted molar refractivity (Wildman–Crippen MR) is 159 cm³/mol. The van der Waals surface area contributed by atoms with Gasteiger partial charge < -0.3 is 13.8 Å². The average Bonchev–Trinajstić information content (AvgIpc) is 3.75. The van der Waals surface area contributed by atoms with Crippen LogP contribution in [0.2, 0.25) is 5.02 Å². The lowest BCUT2D eigenvalue weighted by molar-refractivity contribution is 0.126. The molecular formula is C32H23ClN6O2. The van der Waals surface area contributed by atoms with Gasteiger partial charge in [-0.15, -0.1) is 5.10 Å². The van der Waals surface area contributed by atoms with Gasteiger partial charge in [-0.25, -0.2) is 14.5 Å². The maximum atomic E-state index is 6.21. The summed E-state index contributed by atoms with van der Waals surface area (Å²) in [6, 6.07) is 31.9. The first-order chi connectivity index (χ1) is 20.3. The summed E-state index contributed by atoms with van der Waals surface area (Å²) in [5.74, 6) is 1.31. The van der Waals surface area contributed by atoms with Crippen molar-refractivity contribution in [3.63, 3.8) is 0 Å². The van der Waals surface area contributed by atoms with E-state index in [1.54, 1.807) is 29.4 Å². The Labute approximate surface area is 240 Å². The van der Waals surface area contributed by atoms with E-state index in [1.807, 2.05) is 66.7 Å². The highest BCUT2D eigenvalue weighted by molar-refractivity contribution is 6.33. The fourth-order valence-electron chi connectivity index (χ4n) is 5.00. The van der Waals surface area contributed by atoms with Crippen molar-refractivity contribution in [2.45, 2.75) is 13.2 Å². The largest absolute Gasteiger partial charge is 0.467 e. The Bertz CT molecular complexity index is 1980. The number of aromatic nitrogens is 5. The van der Waals surface area contributed by atoms with Gasteiger partial charge in [-0.2, -0.15) is 0 Å². The third-order valence-electron chi connectivity index (χ3n) is 6.79. The topological polar surface area (TPSA) is 82.7 Å². The van der Waals surface area contributed by atoms with Gasteiger partial charge in [-0.3, -0.25) is 0 Å². The quantitative estimate of drug-likeness (QED) is 0.145. The maximum Gasteiger partial charge on any atom is 0.192 e. The number of furan rings is 1. The second-order valence-electron chi connectivity index (χ2n) is 9.39. The minimum Gasteiger partial charge on any atom is -0.467 e. The molecule has 4 aromatic heterocycles. The van der Waals surface area contributed by atoms with E-state index in [9.17, 15) is 0 Å². The van der Waals surface area contributed by atoms with Crippen LogP contribution in [0.1, 0.15) is 17.1 Å². The molecule has 8 nitrogen and oxygen atoms in total. The van der Waals surface area contributed by atoms with Gasteiger partial charge in [-0.1, -0.05) is 95.6 Å². The van der Waals surface area contributed by atoms with E-state index < -0.39 is 0 Å². The molecule has 7 aromatic rings. The van der Waals surface area contributed by atoms with Gasteiger partial charge in [0, 0.05) is 16.1 Å². The van der Waals surface area contributed by atoms with Crippen LogP contribution in [0, 0.1) is 0 Å². The molecule has 3 aromatic carbocycles. The minimum atomic E-state index is 0.0867. The number of hydrogen-bond acceptors (Lipinski definition) is 6.